The van der Waals surface area contributed by atoms with Gasteiger partial charge >= 0.3 is 5.88 Å². The van der Waals surface area contributed by atoms with Gasteiger partial charge < -0.3 is 14.6 Å². The Hall–Kier alpha value is -1.05. The Morgan fingerprint density at radius 2 is 2.33 bits per heavy atom. The fraction of sp³-hybridized carbons (Fsp3) is 0.500. The highest BCUT2D eigenvalue weighted by Crippen LogP contribution is 2.20. The summed E-state index contributed by atoms with van der Waals surface area (Å²) in [5.74, 6) is 1.00. The fourth-order valence-corrected chi connectivity index (χ4v) is 1.74. The van der Waals surface area contributed by atoms with E-state index in [1.807, 2.05) is 0 Å². The second-order valence-corrected chi connectivity index (χ2v) is 3.88. The molecule has 0 radical (unpaired) electrons. The Kier molecular flexibility index (Phi) is 4.60. The third-order valence-electron chi connectivity index (χ3n) is 1.59. The highest BCUT2D eigenvalue weighted by molar-refractivity contribution is 7.98. The van der Waals surface area contributed by atoms with E-state index in [0.717, 1.165) is 0 Å². The summed E-state index contributed by atoms with van der Waals surface area (Å²) in [6.07, 6.45) is -0.764. The summed E-state index contributed by atoms with van der Waals surface area (Å²) in [5.41, 5.74) is 0. The van der Waals surface area contributed by atoms with Crippen molar-refractivity contribution < 1.29 is 19.6 Å². The summed E-state index contributed by atoms with van der Waals surface area (Å²) in [4.78, 5) is 9.67. The van der Waals surface area contributed by atoms with Crippen LogP contribution in [0.1, 0.15) is 5.76 Å². The van der Waals surface area contributed by atoms with E-state index in [1.165, 1.54) is 23.9 Å². The molecule has 1 rings (SSSR count). The van der Waals surface area contributed by atoms with E-state index in [-0.39, 0.29) is 12.5 Å². The van der Waals surface area contributed by atoms with Crippen LogP contribution in [0.25, 0.3) is 0 Å². The molecule has 2 N–H and O–H groups in total. The molecule has 15 heavy (non-hydrogen) atoms. The van der Waals surface area contributed by atoms with Crippen LogP contribution >= 0.6 is 11.8 Å². The molecule has 0 aromatic carbocycles. The van der Waals surface area contributed by atoms with Crippen molar-refractivity contribution in [1.29, 1.82) is 0 Å². The number of furan rings is 1. The highest BCUT2D eigenvalue weighted by atomic mass is 32.2. The average molecular weight is 233 g/mol. The minimum absolute atomic E-state index is 0.284. The van der Waals surface area contributed by atoms with Crippen LogP contribution in [0.3, 0.4) is 0 Å². The summed E-state index contributed by atoms with van der Waals surface area (Å²) < 4.78 is 4.90. The Morgan fingerprint density at radius 3 is 2.87 bits per heavy atom. The SMILES string of the molecule is O=[N+]([O-])c1ccc(CSCC(O)CO)o1. The Bertz CT molecular complexity index is 327. The lowest BCUT2D eigenvalue weighted by Gasteiger charge is -2.04. The molecule has 1 atom stereocenters. The Labute approximate surface area is 90.1 Å². The molecular weight excluding hydrogens is 222 g/mol. The molecule has 6 nitrogen and oxygen atoms in total. The van der Waals surface area contributed by atoms with Crippen LogP contribution in [0.5, 0.6) is 0 Å². The number of hydrogen-bond donors (Lipinski definition) is 2. The van der Waals surface area contributed by atoms with Crippen molar-refractivity contribution in [1.82, 2.24) is 0 Å². The van der Waals surface area contributed by atoms with Crippen molar-refractivity contribution in [3.8, 4) is 0 Å². The van der Waals surface area contributed by atoms with Crippen molar-refractivity contribution in [2.75, 3.05) is 12.4 Å². The molecule has 0 bridgehead atoms. The van der Waals surface area contributed by atoms with Crippen LogP contribution in [-0.4, -0.2) is 33.6 Å². The molecule has 0 spiro atoms. The highest BCUT2D eigenvalue weighted by Gasteiger charge is 2.12. The molecule has 0 aliphatic carbocycles. The van der Waals surface area contributed by atoms with Gasteiger partial charge in [-0.15, -0.1) is 0 Å². The summed E-state index contributed by atoms with van der Waals surface area (Å²) in [6, 6.07) is 2.81. The summed E-state index contributed by atoms with van der Waals surface area (Å²) in [6.45, 7) is -0.286. The molecular formula is C8H11NO5S. The maximum absolute atomic E-state index is 10.3. The maximum Gasteiger partial charge on any atom is 0.433 e. The number of nitro groups is 1. The van der Waals surface area contributed by atoms with Crippen molar-refractivity contribution in [2.24, 2.45) is 0 Å². The fourth-order valence-electron chi connectivity index (χ4n) is 0.891. The Morgan fingerprint density at radius 1 is 1.60 bits per heavy atom. The Balaban J connectivity index is 2.35. The van der Waals surface area contributed by atoms with Crippen LogP contribution in [0.2, 0.25) is 0 Å². The monoisotopic (exact) mass is 233 g/mol. The number of aliphatic hydroxyl groups is 2. The summed E-state index contributed by atoms with van der Waals surface area (Å²) >= 11 is 1.34. The average Bonchev–Trinajstić information content (AvgIpc) is 2.66. The molecule has 0 amide bonds. The van der Waals surface area contributed by atoms with E-state index in [4.69, 9.17) is 14.6 Å². The van der Waals surface area contributed by atoms with Crippen LogP contribution in [0.4, 0.5) is 5.88 Å². The van der Waals surface area contributed by atoms with Gasteiger partial charge in [-0.25, -0.2) is 0 Å². The molecule has 0 saturated carbocycles. The van der Waals surface area contributed by atoms with E-state index in [0.29, 0.717) is 17.3 Å². The summed E-state index contributed by atoms with van der Waals surface area (Å²) in [5, 5.41) is 27.8. The number of hydrogen-bond acceptors (Lipinski definition) is 6. The zero-order valence-electron chi connectivity index (χ0n) is 7.83. The van der Waals surface area contributed by atoms with Gasteiger partial charge in [-0.2, -0.15) is 11.8 Å². The van der Waals surface area contributed by atoms with Gasteiger partial charge in [0.05, 0.1) is 24.5 Å². The topological polar surface area (TPSA) is 96.7 Å². The minimum Gasteiger partial charge on any atom is -0.405 e. The molecule has 0 fully saturated rings. The van der Waals surface area contributed by atoms with Crippen molar-refractivity contribution in [2.45, 2.75) is 11.9 Å². The van der Waals surface area contributed by atoms with Gasteiger partial charge in [0, 0.05) is 5.75 Å². The maximum atomic E-state index is 10.3. The van der Waals surface area contributed by atoms with Gasteiger partial charge in [0.1, 0.15) is 10.7 Å². The zero-order valence-corrected chi connectivity index (χ0v) is 8.64. The van der Waals surface area contributed by atoms with Crippen molar-refractivity contribution in [3.05, 3.63) is 28.0 Å². The lowest BCUT2D eigenvalue weighted by Crippen LogP contribution is -2.14. The number of thioether (sulfide) groups is 1. The number of aliphatic hydroxyl groups excluding tert-OH is 2. The second-order valence-electron chi connectivity index (χ2n) is 2.85. The largest absolute Gasteiger partial charge is 0.433 e. The van der Waals surface area contributed by atoms with Crippen LogP contribution in [-0.2, 0) is 5.75 Å². The standard InChI is InChI=1S/C8H11NO5S/c10-3-6(11)4-15-5-7-1-2-8(14-7)9(12)13/h1-2,6,10-11H,3-5H2. The molecule has 0 aliphatic heterocycles. The molecule has 7 heteroatoms. The first-order chi connectivity index (χ1) is 7.13. The lowest BCUT2D eigenvalue weighted by molar-refractivity contribution is -0.402. The van der Waals surface area contributed by atoms with E-state index >= 15 is 0 Å². The molecule has 84 valence electrons. The third kappa shape index (κ3) is 3.90. The first-order valence-corrected chi connectivity index (χ1v) is 5.38. The summed E-state index contributed by atoms with van der Waals surface area (Å²) in [7, 11) is 0. The number of rotatable bonds is 6. The molecule has 1 unspecified atom stereocenters. The predicted molar refractivity (Wildman–Crippen MR) is 54.6 cm³/mol. The molecule has 1 aromatic heterocycles. The van der Waals surface area contributed by atoms with E-state index in [2.05, 4.69) is 0 Å². The molecule has 1 heterocycles. The van der Waals surface area contributed by atoms with Crippen LogP contribution < -0.4 is 0 Å². The van der Waals surface area contributed by atoms with Crippen molar-refractivity contribution >= 4 is 17.6 Å². The van der Waals surface area contributed by atoms with Crippen LogP contribution in [0, 0.1) is 10.1 Å². The molecule has 0 saturated heterocycles. The first kappa shape index (κ1) is 12.0. The van der Waals surface area contributed by atoms with Gasteiger partial charge in [-0.05, 0) is 6.07 Å². The van der Waals surface area contributed by atoms with Gasteiger partial charge in [-0.1, -0.05) is 0 Å². The van der Waals surface area contributed by atoms with Crippen LogP contribution in [0.15, 0.2) is 16.5 Å². The quantitative estimate of drug-likeness (QED) is 0.556. The lowest BCUT2D eigenvalue weighted by atomic mass is 10.4. The predicted octanol–water partition coefficient (Wildman–Crippen LogP) is 0.774. The molecule has 0 aliphatic rings. The molecule has 1 aromatic rings. The normalized spacial score (nSPS) is 12.7. The van der Waals surface area contributed by atoms with Gasteiger partial charge in [0.15, 0.2) is 0 Å². The van der Waals surface area contributed by atoms with Gasteiger partial charge in [0.25, 0.3) is 0 Å². The zero-order chi connectivity index (χ0) is 11.3. The van der Waals surface area contributed by atoms with Gasteiger partial charge in [0.2, 0.25) is 0 Å². The number of nitrogens with zero attached hydrogens (tertiary/aromatic N) is 1. The third-order valence-corrected chi connectivity index (χ3v) is 2.70. The van der Waals surface area contributed by atoms with Gasteiger partial charge in [-0.3, -0.25) is 10.1 Å². The second kappa shape index (κ2) is 5.74. The van der Waals surface area contributed by atoms with E-state index < -0.39 is 11.0 Å². The first-order valence-electron chi connectivity index (χ1n) is 4.23. The minimum atomic E-state index is -0.764. The van der Waals surface area contributed by atoms with E-state index in [1.54, 1.807) is 0 Å². The smallest absolute Gasteiger partial charge is 0.405 e. The van der Waals surface area contributed by atoms with Crippen molar-refractivity contribution in [3.63, 3.8) is 0 Å². The van der Waals surface area contributed by atoms with E-state index in [9.17, 15) is 10.1 Å².